The highest BCUT2D eigenvalue weighted by atomic mass is 32.1. The molecule has 1 aliphatic rings. The zero-order valence-corrected chi connectivity index (χ0v) is 17.8. The van der Waals surface area contributed by atoms with Gasteiger partial charge in [-0.2, -0.15) is 0 Å². The first-order valence-electron chi connectivity index (χ1n) is 10.5. The lowest BCUT2D eigenvalue weighted by Gasteiger charge is -2.31. The van der Waals surface area contributed by atoms with E-state index in [0.29, 0.717) is 25.5 Å². The second-order valence-corrected chi connectivity index (χ2v) is 8.72. The molecule has 0 radical (unpaired) electrons. The minimum absolute atomic E-state index is 0.0493. The Morgan fingerprint density at radius 1 is 1.23 bits per heavy atom. The van der Waals surface area contributed by atoms with Crippen molar-refractivity contribution in [3.05, 3.63) is 64.9 Å². The number of carbonyl (C=O) groups is 1. The maximum atomic E-state index is 13.5. The summed E-state index contributed by atoms with van der Waals surface area (Å²) in [5, 5.41) is 2.07. The van der Waals surface area contributed by atoms with Crippen molar-refractivity contribution in [1.29, 1.82) is 0 Å². The minimum atomic E-state index is -0.0493. The second-order valence-electron chi connectivity index (χ2n) is 7.65. The van der Waals surface area contributed by atoms with Crippen LogP contribution in [0.25, 0.3) is 21.2 Å². The quantitative estimate of drug-likeness (QED) is 0.422. The molecule has 5 nitrogen and oxygen atoms in total. The van der Waals surface area contributed by atoms with Crippen LogP contribution < -0.4 is 0 Å². The number of hydrogen-bond donors (Lipinski definition) is 0. The summed E-state index contributed by atoms with van der Waals surface area (Å²) in [4.78, 5) is 20.2. The van der Waals surface area contributed by atoms with Crippen molar-refractivity contribution in [2.24, 2.45) is 0 Å². The topological polar surface area (TPSA) is 55.6 Å². The van der Waals surface area contributed by atoms with E-state index in [0.717, 1.165) is 46.4 Å². The van der Waals surface area contributed by atoms with Crippen LogP contribution in [0.2, 0.25) is 0 Å². The standard InChI is InChI=1S/C24H24N2O3S/c1-2-28-15-18-17-9-3-5-11-20(17)29-22(18)24(27)26-13-7-8-16(14-26)23-25-19-10-4-6-12-21(19)30-23/h3-6,9-12,16H,2,7-8,13-15H2,1H3/t16-/m1/s1. The molecule has 154 valence electrons. The van der Waals surface area contributed by atoms with Crippen molar-refractivity contribution < 1.29 is 13.9 Å². The van der Waals surface area contributed by atoms with E-state index in [1.807, 2.05) is 48.2 Å². The van der Waals surface area contributed by atoms with Crippen molar-refractivity contribution in [3.8, 4) is 0 Å². The smallest absolute Gasteiger partial charge is 0.290 e. The van der Waals surface area contributed by atoms with E-state index in [4.69, 9.17) is 14.1 Å². The van der Waals surface area contributed by atoms with E-state index in [1.54, 1.807) is 11.3 Å². The van der Waals surface area contributed by atoms with Gasteiger partial charge in [-0.1, -0.05) is 30.3 Å². The van der Waals surface area contributed by atoms with Crippen LogP contribution >= 0.6 is 11.3 Å². The molecule has 1 atom stereocenters. The van der Waals surface area contributed by atoms with Crippen LogP contribution in [0.4, 0.5) is 0 Å². The molecule has 0 N–H and O–H groups in total. The Kier molecular flexibility index (Phi) is 5.27. The zero-order valence-electron chi connectivity index (χ0n) is 17.0. The normalized spacial score (nSPS) is 17.1. The number of furan rings is 1. The average molecular weight is 421 g/mol. The first-order chi connectivity index (χ1) is 14.7. The number of fused-ring (bicyclic) bond motifs is 2. The maximum Gasteiger partial charge on any atom is 0.290 e. The molecular weight excluding hydrogens is 396 g/mol. The van der Waals surface area contributed by atoms with Crippen LogP contribution in [-0.2, 0) is 11.3 Å². The lowest BCUT2D eigenvalue weighted by molar-refractivity contribution is 0.0667. The summed E-state index contributed by atoms with van der Waals surface area (Å²) in [6.07, 6.45) is 2.02. The summed E-state index contributed by atoms with van der Waals surface area (Å²) < 4.78 is 12.9. The predicted octanol–water partition coefficient (Wildman–Crippen LogP) is 5.60. The van der Waals surface area contributed by atoms with Crippen molar-refractivity contribution in [1.82, 2.24) is 9.88 Å². The molecule has 1 fully saturated rings. The minimum Gasteiger partial charge on any atom is -0.451 e. The number of ether oxygens (including phenoxy) is 1. The van der Waals surface area contributed by atoms with E-state index in [2.05, 4.69) is 12.1 Å². The summed E-state index contributed by atoms with van der Waals surface area (Å²) in [5.74, 6) is 0.626. The fourth-order valence-electron chi connectivity index (χ4n) is 4.19. The zero-order chi connectivity index (χ0) is 20.5. The van der Waals surface area contributed by atoms with Gasteiger partial charge in [0.25, 0.3) is 5.91 Å². The van der Waals surface area contributed by atoms with E-state index < -0.39 is 0 Å². The number of carbonyl (C=O) groups excluding carboxylic acids is 1. The maximum absolute atomic E-state index is 13.5. The van der Waals surface area contributed by atoms with Gasteiger partial charge in [0.1, 0.15) is 5.58 Å². The van der Waals surface area contributed by atoms with Crippen LogP contribution in [0, 0.1) is 0 Å². The Morgan fingerprint density at radius 2 is 2.07 bits per heavy atom. The van der Waals surface area contributed by atoms with Gasteiger partial charge in [-0.25, -0.2) is 4.98 Å². The molecule has 1 amide bonds. The van der Waals surface area contributed by atoms with Gasteiger partial charge >= 0.3 is 0 Å². The molecule has 0 spiro atoms. The first kappa shape index (κ1) is 19.3. The molecule has 5 rings (SSSR count). The Balaban J connectivity index is 1.43. The molecule has 2 aromatic heterocycles. The second kappa shape index (κ2) is 8.20. The average Bonchev–Trinajstić information content (AvgIpc) is 3.39. The number of amides is 1. The third kappa shape index (κ3) is 3.50. The monoisotopic (exact) mass is 420 g/mol. The molecule has 6 heteroatoms. The fourth-order valence-corrected chi connectivity index (χ4v) is 5.28. The summed E-state index contributed by atoms with van der Waals surface area (Å²) >= 11 is 1.74. The number of thiazole rings is 1. The first-order valence-corrected chi connectivity index (χ1v) is 11.3. The molecular formula is C24H24N2O3S. The van der Waals surface area contributed by atoms with Crippen LogP contribution in [0.15, 0.2) is 52.9 Å². The SMILES string of the molecule is CCOCc1c(C(=O)N2CCC[C@@H](c3nc4ccccc4s3)C2)oc2ccccc12. The summed E-state index contributed by atoms with van der Waals surface area (Å²) in [6, 6.07) is 16.0. The summed E-state index contributed by atoms with van der Waals surface area (Å²) in [5.41, 5.74) is 2.62. The Morgan fingerprint density at radius 3 is 2.93 bits per heavy atom. The number of likely N-dealkylation sites (tertiary alicyclic amines) is 1. The number of hydrogen-bond acceptors (Lipinski definition) is 5. The van der Waals surface area contributed by atoms with E-state index in [-0.39, 0.29) is 11.8 Å². The van der Waals surface area contributed by atoms with Crippen LogP contribution in [0.3, 0.4) is 0 Å². The van der Waals surface area contributed by atoms with Gasteiger partial charge in [0.15, 0.2) is 5.76 Å². The van der Waals surface area contributed by atoms with E-state index >= 15 is 0 Å². The van der Waals surface area contributed by atoms with Crippen molar-refractivity contribution in [2.45, 2.75) is 32.3 Å². The third-order valence-corrected chi connectivity index (χ3v) is 6.91. The van der Waals surface area contributed by atoms with Gasteiger partial charge in [-0.05, 0) is 38.0 Å². The molecule has 0 unspecified atom stereocenters. The van der Waals surface area contributed by atoms with Gasteiger partial charge < -0.3 is 14.1 Å². The van der Waals surface area contributed by atoms with Gasteiger partial charge in [0.05, 0.1) is 21.8 Å². The summed E-state index contributed by atoms with van der Waals surface area (Å²) in [7, 11) is 0. The lowest BCUT2D eigenvalue weighted by Crippen LogP contribution is -2.39. The highest BCUT2D eigenvalue weighted by molar-refractivity contribution is 7.18. The molecule has 0 bridgehead atoms. The molecule has 3 heterocycles. The Hall–Kier alpha value is -2.70. The number of benzene rings is 2. The molecule has 1 saturated heterocycles. The highest BCUT2D eigenvalue weighted by Gasteiger charge is 2.31. The van der Waals surface area contributed by atoms with Crippen LogP contribution in [0.1, 0.15) is 46.8 Å². The lowest BCUT2D eigenvalue weighted by atomic mass is 9.98. The summed E-state index contributed by atoms with van der Waals surface area (Å²) in [6.45, 7) is 4.34. The predicted molar refractivity (Wildman–Crippen MR) is 119 cm³/mol. The molecule has 1 aliphatic heterocycles. The molecule has 4 aromatic rings. The number of nitrogens with zero attached hydrogens (tertiary/aromatic N) is 2. The van der Waals surface area contributed by atoms with Gasteiger partial charge in [-0.3, -0.25) is 4.79 Å². The molecule has 30 heavy (non-hydrogen) atoms. The van der Waals surface area contributed by atoms with Crippen molar-refractivity contribution >= 4 is 38.4 Å². The highest BCUT2D eigenvalue weighted by Crippen LogP contribution is 2.34. The van der Waals surface area contributed by atoms with Crippen molar-refractivity contribution in [2.75, 3.05) is 19.7 Å². The van der Waals surface area contributed by atoms with Crippen LogP contribution in [0.5, 0.6) is 0 Å². The largest absolute Gasteiger partial charge is 0.451 e. The third-order valence-electron chi connectivity index (χ3n) is 5.71. The molecule has 2 aromatic carbocycles. The van der Waals surface area contributed by atoms with E-state index in [9.17, 15) is 4.79 Å². The Bertz CT molecular complexity index is 1160. The fraction of sp³-hybridized carbons (Fsp3) is 0.333. The number of aromatic nitrogens is 1. The van der Waals surface area contributed by atoms with E-state index in [1.165, 1.54) is 4.70 Å². The van der Waals surface area contributed by atoms with Gasteiger partial charge in [0.2, 0.25) is 0 Å². The number of rotatable bonds is 5. The van der Waals surface area contributed by atoms with Gasteiger partial charge in [-0.15, -0.1) is 11.3 Å². The number of piperidine rings is 1. The van der Waals surface area contributed by atoms with Crippen LogP contribution in [-0.4, -0.2) is 35.5 Å². The molecule has 0 aliphatic carbocycles. The molecule has 0 saturated carbocycles. The Labute approximate surface area is 179 Å². The number of para-hydroxylation sites is 2. The van der Waals surface area contributed by atoms with Crippen molar-refractivity contribution in [3.63, 3.8) is 0 Å². The van der Waals surface area contributed by atoms with Gasteiger partial charge in [0, 0.05) is 36.6 Å².